The lowest BCUT2D eigenvalue weighted by atomic mass is 10.1. The first kappa shape index (κ1) is 18.9. The molecule has 1 heterocycles. The minimum absolute atomic E-state index is 0.135. The average Bonchev–Trinajstić information content (AvgIpc) is 2.63. The molecule has 5 nitrogen and oxygen atoms in total. The molecule has 0 aliphatic heterocycles. The lowest BCUT2D eigenvalue weighted by molar-refractivity contribution is -0.115. The summed E-state index contributed by atoms with van der Waals surface area (Å²) in [4.78, 5) is 28.3. The number of benzene rings is 2. The summed E-state index contributed by atoms with van der Waals surface area (Å²) in [5.41, 5.74) is 3.76. The van der Waals surface area contributed by atoms with Crippen LogP contribution < -0.4 is 5.32 Å². The first-order valence-electron chi connectivity index (χ1n) is 8.53. The van der Waals surface area contributed by atoms with E-state index in [4.69, 9.17) is 10.1 Å². The van der Waals surface area contributed by atoms with Gasteiger partial charge in [-0.15, -0.1) is 0 Å². The average molecular weight is 380 g/mol. The first-order valence-corrected chi connectivity index (χ1v) is 9.41. The number of fused-ring (bicyclic) bond motifs is 1. The van der Waals surface area contributed by atoms with Crippen LogP contribution in [-0.2, 0) is 4.79 Å². The molecule has 0 saturated carbocycles. The van der Waals surface area contributed by atoms with Gasteiger partial charge in [0.1, 0.15) is 0 Å². The second kappa shape index (κ2) is 7.80. The molecule has 3 aromatic rings. The number of pyridine rings is 1. The van der Waals surface area contributed by atoms with Crippen LogP contribution in [0.4, 0.5) is 5.69 Å². The molecule has 6 heteroatoms. The van der Waals surface area contributed by atoms with Gasteiger partial charge in [0, 0.05) is 11.1 Å². The Morgan fingerprint density at radius 1 is 1.07 bits per heavy atom. The van der Waals surface area contributed by atoms with Gasteiger partial charge in [-0.3, -0.25) is 4.79 Å². The molecule has 2 aromatic carbocycles. The van der Waals surface area contributed by atoms with Crippen molar-refractivity contribution in [1.29, 1.82) is 0 Å². The first-order chi connectivity index (χ1) is 12.8. The molecule has 0 bridgehead atoms. The van der Waals surface area contributed by atoms with Crippen molar-refractivity contribution in [2.24, 2.45) is 0 Å². The summed E-state index contributed by atoms with van der Waals surface area (Å²) in [6.07, 6.45) is 0. The summed E-state index contributed by atoms with van der Waals surface area (Å²) in [5, 5.41) is 13.3. The van der Waals surface area contributed by atoms with E-state index in [1.165, 1.54) is 23.9 Å². The maximum atomic E-state index is 12.5. The quantitative estimate of drug-likeness (QED) is 0.629. The number of carbonyl (C=O) groups is 2. The number of aromatic carboxylic acids is 1. The second-order valence-corrected chi connectivity index (χ2v) is 7.74. The van der Waals surface area contributed by atoms with Gasteiger partial charge in [-0.2, -0.15) is 0 Å². The van der Waals surface area contributed by atoms with E-state index in [-0.39, 0.29) is 16.7 Å². The number of carbonyl (C=O) groups excluding carboxylic acids is 1. The zero-order valence-corrected chi connectivity index (χ0v) is 16.1. The van der Waals surface area contributed by atoms with E-state index in [1.807, 2.05) is 38.1 Å². The topological polar surface area (TPSA) is 79.3 Å². The molecule has 1 unspecified atom stereocenters. The fraction of sp³-hybridized carbons (Fsp3) is 0.190. The molecular weight excluding hydrogens is 360 g/mol. The minimum atomic E-state index is -1.03. The Morgan fingerprint density at radius 2 is 1.81 bits per heavy atom. The predicted octanol–water partition coefficient (Wildman–Crippen LogP) is 4.67. The maximum Gasteiger partial charge on any atom is 0.335 e. The minimum Gasteiger partial charge on any atom is -0.478 e. The van der Waals surface area contributed by atoms with Gasteiger partial charge in [0.15, 0.2) is 0 Å². The van der Waals surface area contributed by atoms with Crippen LogP contribution >= 0.6 is 11.8 Å². The molecule has 2 N–H and O–H groups in total. The number of hydrogen-bond acceptors (Lipinski definition) is 4. The molecule has 27 heavy (non-hydrogen) atoms. The van der Waals surface area contributed by atoms with Crippen molar-refractivity contribution in [2.45, 2.75) is 31.0 Å². The van der Waals surface area contributed by atoms with Gasteiger partial charge >= 0.3 is 5.97 Å². The summed E-state index contributed by atoms with van der Waals surface area (Å²) in [5.74, 6) is -1.23. The summed E-state index contributed by atoms with van der Waals surface area (Å²) in [6.45, 7) is 5.87. The van der Waals surface area contributed by atoms with E-state index in [0.29, 0.717) is 5.69 Å². The van der Waals surface area contributed by atoms with E-state index >= 15 is 0 Å². The largest absolute Gasteiger partial charge is 0.478 e. The lowest BCUT2D eigenvalue weighted by Gasteiger charge is -2.13. The summed E-state index contributed by atoms with van der Waals surface area (Å²) >= 11 is 1.38. The van der Waals surface area contributed by atoms with E-state index in [9.17, 15) is 9.59 Å². The number of anilines is 1. The van der Waals surface area contributed by atoms with Gasteiger partial charge in [0.05, 0.1) is 21.4 Å². The fourth-order valence-corrected chi connectivity index (χ4v) is 3.72. The highest BCUT2D eigenvalue weighted by Crippen LogP contribution is 2.28. The molecule has 0 spiro atoms. The zero-order valence-electron chi connectivity index (χ0n) is 15.3. The molecular formula is C21H20N2O3S. The molecule has 0 saturated heterocycles. The Morgan fingerprint density at radius 3 is 2.56 bits per heavy atom. The Balaban J connectivity index is 1.77. The SMILES string of the molecule is Cc1cc(SC(C)C(=O)Nc2cccc(C(=O)O)c2)nc2c(C)cccc12. The van der Waals surface area contributed by atoms with Gasteiger partial charge in [-0.1, -0.05) is 36.0 Å². The summed E-state index contributed by atoms with van der Waals surface area (Å²) in [7, 11) is 0. The standard InChI is InChI=1S/C21H20N2O3S/c1-12-6-4-9-17-13(2)10-18(23-19(12)17)27-14(3)20(24)22-16-8-5-7-15(11-16)21(25)26/h4-11,14H,1-3H3,(H,22,24)(H,25,26). The third-order valence-corrected chi connectivity index (χ3v) is 5.29. The van der Waals surface area contributed by atoms with Gasteiger partial charge < -0.3 is 10.4 Å². The molecule has 1 aromatic heterocycles. The number of nitrogens with one attached hydrogen (secondary N) is 1. The third-order valence-electron chi connectivity index (χ3n) is 4.27. The van der Waals surface area contributed by atoms with Crippen molar-refractivity contribution in [3.05, 3.63) is 65.2 Å². The van der Waals surface area contributed by atoms with Crippen molar-refractivity contribution in [3.63, 3.8) is 0 Å². The maximum absolute atomic E-state index is 12.5. The van der Waals surface area contributed by atoms with Crippen LogP contribution in [0.1, 0.15) is 28.4 Å². The van der Waals surface area contributed by atoms with Crippen molar-refractivity contribution >= 4 is 40.2 Å². The Kier molecular flexibility index (Phi) is 5.46. The molecule has 0 radical (unpaired) electrons. The number of hydrogen-bond donors (Lipinski definition) is 2. The molecule has 0 fully saturated rings. The van der Waals surface area contributed by atoms with E-state index in [0.717, 1.165) is 27.1 Å². The number of aromatic nitrogens is 1. The van der Waals surface area contributed by atoms with Crippen molar-refractivity contribution in [1.82, 2.24) is 4.98 Å². The number of amides is 1. The summed E-state index contributed by atoms with van der Waals surface area (Å²) < 4.78 is 0. The molecule has 3 rings (SSSR count). The predicted molar refractivity (Wildman–Crippen MR) is 109 cm³/mol. The Labute approximate surface area is 161 Å². The smallest absolute Gasteiger partial charge is 0.335 e. The van der Waals surface area contributed by atoms with Crippen molar-refractivity contribution < 1.29 is 14.7 Å². The number of carboxylic acids is 1. The number of carboxylic acid groups (broad SMARTS) is 1. The Bertz CT molecular complexity index is 1030. The van der Waals surface area contributed by atoms with Crippen LogP contribution in [0.3, 0.4) is 0 Å². The van der Waals surface area contributed by atoms with Crippen molar-refractivity contribution in [2.75, 3.05) is 5.32 Å². The number of rotatable bonds is 5. The van der Waals surface area contributed by atoms with Gasteiger partial charge in [0.25, 0.3) is 0 Å². The number of para-hydroxylation sites is 1. The lowest BCUT2D eigenvalue weighted by Crippen LogP contribution is -2.22. The zero-order chi connectivity index (χ0) is 19.6. The molecule has 0 aliphatic rings. The van der Waals surface area contributed by atoms with Crippen LogP contribution in [0.25, 0.3) is 10.9 Å². The highest BCUT2D eigenvalue weighted by molar-refractivity contribution is 8.00. The molecule has 0 aliphatic carbocycles. The fourth-order valence-electron chi connectivity index (χ4n) is 2.80. The van der Waals surface area contributed by atoms with Crippen LogP contribution in [0.15, 0.2) is 53.6 Å². The number of thioether (sulfide) groups is 1. The van der Waals surface area contributed by atoms with Crippen molar-refractivity contribution in [3.8, 4) is 0 Å². The second-order valence-electron chi connectivity index (χ2n) is 6.38. The normalized spacial score (nSPS) is 12.0. The van der Waals surface area contributed by atoms with E-state index < -0.39 is 5.97 Å². The van der Waals surface area contributed by atoms with Crippen LogP contribution in [-0.4, -0.2) is 27.2 Å². The van der Waals surface area contributed by atoms with Gasteiger partial charge in [-0.05, 0) is 56.2 Å². The van der Waals surface area contributed by atoms with Crippen LogP contribution in [0, 0.1) is 13.8 Å². The number of nitrogens with zero attached hydrogens (tertiary/aromatic N) is 1. The molecule has 1 amide bonds. The van der Waals surface area contributed by atoms with E-state index in [2.05, 4.69) is 5.32 Å². The number of aryl methyl sites for hydroxylation is 2. The van der Waals surface area contributed by atoms with Gasteiger partial charge in [0.2, 0.25) is 5.91 Å². The highest BCUT2D eigenvalue weighted by Gasteiger charge is 2.17. The van der Waals surface area contributed by atoms with E-state index in [1.54, 1.807) is 19.1 Å². The van der Waals surface area contributed by atoms with Crippen LogP contribution in [0.2, 0.25) is 0 Å². The molecule has 138 valence electrons. The highest BCUT2D eigenvalue weighted by atomic mass is 32.2. The van der Waals surface area contributed by atoms with Gasteiger partial charge in [-0.25, -0.2) is 9.78 Å². The third kappa shape index (κ3) is 4.28. The Hall–Kier alpha value is -2.86. The molecule has 1 atom stereocenters. The monoisotopic (exact) mass is 380 g/mol. The van der Waals surface area contributed by atoms with Crippen LogP contribution in [0.5, 0.6) is 0 Å². The summed E-state index contributed by atoms with van der Waals surface area (Å²) in [6, 6.07) is 14.3.